The van der Waals surface area contributed by atoms with Crippen LogP contribution in [-0.4, -0.2) is 104 Å². The lowest BCUT2D eigenvalue weighted by atomic mass is 10.1. The standard InChI is InChI=1S/C48H74O16P2/c1-3-5-7-8-9-10-11-12-13-14-15-16-17-18-19-20-21-26-30-36-47(53)60-40-44(41-63-66(58,59)62-39-43(50)38-61-65(55,56)57)64-48(54)37-31-35-46(52)45(51)34-29-25-23-22-24-28-33-42(49)32-27-6-4-2/h5-7,9-10,12-13,15-16,18-19,21-29,33-34,42-46,49-52H,3-4,8,11,14,17,20,30-32,35-41H2,1-2H3,(H,58,59)(H2,55,56,57)/b7-5-,10-9-,13-12-,16-15-,19-18-,24-22+,25-23-,26-21-,27-6-,33-28+,34-29-/t42-,43-,44+,45+,46+/m0/s1. The summed E-state index contributed by atoms with van der Waals surface area (Å²) in [7, 11) is -9.86. The average Bonchev–Trinajstić information content (AvgIpc) is 3.27. The molecule has 0 saturated carbocycles. The third-order valence-electron chi connectivity index (χ3n) is 8.38. The summed E-state index contributed by atoms with van der Waals surface area (Å²) < 4.78 is 47.4. The molecule has 0 aliphatic rings. The lowest BCUT2D eigenvalue weighted by Crippen LogP contribution is -2.30. The molecule has 18 heteroatoms. The molecule has 0 amide bonds. The largest absolute Gasteiger partial charge is 0.472 e. The number of carbonyl (C=O) groups is 2. The zero-order valence-corrected chi connectivity index (χ0v) is 40.1. The molecule has 0 bridgehead atoms. The summed E-state index contributed by atoms with van der Waals surface area (Å²) in [5.74, 6) is -1.48. The van der Waals surface area contributed by atoms with Crippen LogP contribution in [0.25, 0.3) is 0 Å². The highest BCUT2D eigenvalue weighted by atomic mass is 31.2. The number of phosphoric ester groups is 2. The molecular formula is C48H74O16P2. The van der Waals surface area contributed by atoms with Gasteiger partial charge >= 0.3 is 27.6 Å². The Bertz CT molecular complexity index is 1720. The van der Waals surface area contributed by atoms with Crippen molar-refractivity contribution in [1.82, 2.24) is 0 Å². The molecule has 0 aliphatic heterocycles. The van der Waals surface area contributed by atoms with Gasteiger partial charge in [0.15, 0.2) is 6.10 Å². The highest BCUT2D eigenvalue weighted by molar-refractivity contribution is 7.47. The van der Waals surface area contributed by atoms with E-state index in [4.69, 9.17) is 23.8 Å². The average molecular weight is 969 g/mol. The minimum Gasteiger partial charge on any atom is -0.462 e. The first-order valence-electron chi connectivity index (χ1n) is 22.2. The highest BCUT2D eigenvalue weighted by Gasteiger charge is 2.28. The van der Waals surface area contributed by atoms with Crippen LogP contribution in [-0.2, 0) is 41.8 Å². The Kier molecular flexibility index (Phi) is 38.9. The van der Waals surface area contributed by atoms with Gasteiger partial charge in [0, 0.05) is 12.8 Å². The number of ether oxygens (including phenoxy) is 2. The Morgan fingerprint density at radius 1 is 0.545 bits per heavy atom. The molecule has 0 saturated heterocycles. The number of hydrogen-bond acceptors (Lipinski definition) is 13. The first-order chi connectivity index (χ1) is 31.6. The second-order valence-corrected chi connectivity index (χ2v) is 17.1. The van der Waals surface area contributed by atoms with Gasteiger partial charge in [-0.05, 0) is 70.6 Å². The predicted octanol–water partition coefficient (Wildman–Crippen LogP) is 8.36. The third-order valence-corrected chi connectivity index (χ3v) is 9.82. The van der Waals surface area contributed by atoms with E-state index in [1.54, 1.807) is 36.5 Å². The molecule has 0 radical (unpaired) electrons. The molecule has 16 nitrogen and oxygen atoms in total. The molecule has 66 heavy (non-hydrogen) atoms. The van der Waals surface area contributed by atoms with E-state index in [2.05, 4.69) is 64.6 Å². The van der Waals surface area contributed by atoms with Crippen LogP contribution in [0.15, 0.2) is 134 Å². The summed E-state index contributed by atoms with van der Waals surface area (Å²) in [6.45, 7) is 0.942. The summed E-state index contributed by atoms with van der Waals surface area (Å²) >= 11 is 0. The number of esters is 2. The van der Waals surface area contributed by atoms with Gasteiger partial charge in [-0.2, -0.15) is 0 Å². The fourth-order valence-electron chi connectivity index (χ4n) is 4.95. The fourth-order valence-corrected chi connectivity index (χ4v) is 6.10. The molecular weight excluding hydrogens is 894 g/mol. The van der Waals surface area contributed by atoms with Gasteiger partial charge in [0.05, 0.1) is 38.1 Å². The Morgan fingerprint density at radius 3 is 1.59 bits per heavy atom. The van der Waals surface area contributed by atoms with Gasteiger partial charge in [0.2, 0.25) is 0 Å². The minimum absolute atomic E-state index is 0.00325. The summed E-state index contributed by atoms with van der Waals surface area (Å²) in [6, 6.07) is 0. The molecule has 0 aliphatic carbocycles. The van der Waals surface area contributed by atoms with Crippen molar-refractivity contribution in [3.8, 4) is 0 Å². The Balaban J connectivity index is 4.96. The highest BCUT2D eigenvalue weighted by Crippen LogP contribution is 2.43. The van der Waals surface area contributed by atoms with Crippen LogP contribution in [0.1, 0.15) is 97.3 Å². The van der Waals surface area contributed by atoms with E-state index >= 15 is 0 Å². The Morgan fingerprint density at radius 2 is 1.03 bits per heavy atom. The van der Waals surface area contributed by atoms with Crippen molar-refractivity contribution >= 4 is 27.6 Å². The van der Waals surface area contributed by atoms with Crippen LogP contribution in [0, 0.1) is 0 Å². The van der Waals surface area contributed by atoms with Crippen LogP contribution >= 0.6 is 15.6 Å². The number of allylic oxidation sites excluding steroid dienone is 19. The van der Waals surface area contributed by atoms with Gasteiger partial charge in [-0.15, -0.1) is 0 Å². The van der Waals surface area contributed by atoms with E-state index in [1.165, 1.54) is 12.2 Å². The number of phosphoric acid groups is 2. The smallest absolute Gasteiger partial charge is 0.462 e. The fraction of sp³-hybridized carbons (Fsp3) is 0.500. The zero-order valence-electron chi connectivity index (χ0n) is 38.3. The van der Waals surface area contributed by atoms with Gasteiger partial charge in [-0.1, -0.05) is 148 Å². The van der Waals surface area contributed by atoms with Crippen LogP contribution in [0.4, 0.5) is 0 Å². The van der Waals surface area contributed by atoms with Crippen LogP contribution in [0.2, 0.25) is 0 Å². The lowest BCUT2D eigenvalue weighted by Gasteiger charge is -2.21. The molecule has 0 fully saturated rings. The van der Waals surface area contributed by atoms with Crippen LogP contribution < -0.4 is 0 Å². The van der Waals surface area contributed by atoms with Gasteiger partial charge in [-0.25, -0.2) is 9.13 Å². The quantitative estimate of drug-likeness (QED) is 0.0132. The molecule has 0 aromatic heterocycles. The van der Waals surface area contributed by atoms with E-state index in [0.717, 1.165) is 38.5 Å². The van der Waals surface area contributed by atoms with E-state index < -0.39 is 84.5 Å². The number of aliphatic hydroxyl groups excluding tert-OH is 4. The van der Waals surface area contributed by atoms with Crippen molar-refractivity contribution in [2.75, 3.05) is 26.4 Å². The van der Waals surface area contributed by atoms with Crippen molar-refractivity contribution in [3.05, 3.63) is 134 Å². The monoisotopic (exact) mass is 968 g/mol. The molecule has 0 aromatic rings. The van der Waals surface area contributed by atoms with Crippen molar-refractivity contribution in [2.24, 2.45) is 0 Å². The topological polar surface area (TPSA) is 256 Å². The van der Waals surface area contributed by atoms with Gasteiger partial charge in [-0.3, -0.25) is 23.2 Å². The molecule has 0 heterocycles. The molecule has 6 atom stereocenters. The van der Waals surface area contributed by atoms with Gasteiger partial charge in [0.1, 0.15) is 12.7 Å². The van der Waals surface area contributed by atoms with Crippen molar-refractivity contribution in [2.45, 2.75) is 128 Å². The summed E-state index contributed by atoms with van der Waals surface area (Å²) in [5.41, 5.74) is 0. The number of aliphatic hydroxyl groups is 4. The third kappa shape index (κ3) is 42.8. The summed E-state index contributed by atoms with van der Waals surface area (Å²) in [4.78, 5) is 52.8. The van der Waals surface area contributed by atoms with Crippen LogP contribution in [0.5, 0.6) is 0 Å². The van der Waals surface area contributed by atoms with Crippen molar-refractivity contribution < 1.29 is 76.9 Å². The zero-order chi connectivity index (χ0) is 49.2. The molecule has 0 spiro atoms. The number of hydrogen-bond donors (Lipinski definition) is 7. The van der Waals surface area contributed by atoms with E-state index in [1.807, 2.05) is 43.4 Å². The van der Waals surface area contributed by atoms with Crippen molar-refractivity contribution in [1.29, 1.82) is 0 Å². The van der Waals surface area contributed by atoms with Crippen LogP contribution in [0.3, 0.4) is 0 Å². The molecule has 372 valence electrons. The molecule has 0 aromatic carbocycles. The lowest BCUT2D eigenvalue weighted by molar-refractivity contribution is -0.161. The normalized spacial score (nSPS) is 16.6. The molecule has 1 unspecified atom stereocenters. The van der Waals surface area contributed by atoms with Gasteiger partial charge in [0.25, 0.3) is 0 Å². The number of rotatable bonds is 39. The Hall–Kier alpha value is -3.86. The summed E-state index contributed by atoms with van der Waals surface area (Å²) in [5, 5.41) is 40.2. The van der Waals surface area contributed by atoms with E-state index in [9.17, 15) is 44.0 Å². The first-order valence-corrected chi connectivity index (χ1v) is 25.2. The Labute approximate surface area is 391 Å². The number of carbonyl (C=O) groups excluding carboxylic acids is 2. The first kappa shape index (κ1) is 62.1. The predicted molar refractivity (Wildman–Crippen MR) is 257 cm³/mol. The van der Waals surface area contributed by atoms with E-state index in [0.29, 0.717) is 19.3 Å². The molecule has 0 rings (SSSR count). The van der Waals surface area contributed by atoms with Crippen molar-refractivity contribution in [3.63, 3.8) is 0 Å². The maximum Gasteiger partial charge on any atom is 0.472 e. The minimum atomic E-state index is -4.93. The van der Waals surface area contributed by atoms with E-state index in [-0.39, 0.29) is 25.7 Å². The molecule has 7 N–H and O–H groups in total. The second kappa shape index (κ2) is 41.3. The SMILES string of the molecule is CC/C=C\C/C=C\C/C=C\C/C=C\C/C=C\C/C=C\CCC(=O)OC[C@H](COP(=O)(O)OC[C@@H](O)COP(=O)(O)O)OC(=O)CCC[C@@H](O)[C@H](O)\C=C/C=C\C=C\C=C\[C@@H](O)C/C=C\CC. The maximum atomic E-state index is 12.7. The second-order valence-electron chi connectivity index (χ2n) is 14.4. The summed E-state index contributed by atoms with van der Waals surface area (Å²) in [6.07, 6.45) is 42.6. The maximum absolute atomic E-state index is 12.7. The van der Waals surface area contributed by atoms with Gasteiger partial charge < -0.3 is 44.6 Å².